The van der Waals surface area contributed by atoms with Crippen LogP contribution >= 0.6 is 0 Å². The van der Waals surface area contributed by atoms with E-state index in [1.807, 2.05) is 18.2 Å². The van der Waals surface area contributed by atoms with E-state index in [2.05, 4.69) is 4.98 Å². The highest BCUT2D eigenvalue weighted by Crippen LogP contribution is 2.35. The highest BCUT2D eigenvalue weighted by Gasteiger charge is 2.50. The van der Waals surface area contributed by atoms with E-state index in [-0.39, 0.29) is 37.1 Å². The van der Waals surface area contributed by atoms with Crippen molar-refractivity contribution in [3.8, 4) is 0 Å². The van der Waals surface area contributed by atoms with E-state index in [0.29, 0.717) is 5.69 Å². The van der Waals surface area contributed by atoms with Gasteiger partial charge in [0.05, 0.1) is 6.10 Å². The smallest absolute Gasteiger partial charge is 0.314 e. The van der Waals surface area contributed by atoms with Crippen LogP contribution < -0.4 is 5.56 Å². The number of amides is 1. The van der Waals surface area contributed by atoms with Gasteiger partial charge in [0.25, 0.3) is 5.91 Å². The molecular weight excluding hydrogens is 348 g/mol. The molecule has 1 aliphatic rings. The summed E-state index contributed by atoms with van der Waals surface area (Å²) < 4.78 is 0. The molecule has 2 atom stereocenters. The van der Waals surface area contributed by atoms with Crippen LogP contribution in [0.3, 0.4) is 0 Å². The Kier molecular flexibility index (Phi) is 5.14. The van der Waals surface area contributed by atoms with Gasteiger partial charge in [-0.1, -0.05) is 30.3 Å². The topological polar surface area (TPSA) is 111 Å². The second-order valence-corrected chi connectivity index (χ2v) is 7.07. The summed E-state index contributed by atoms with van der Waals surface area (Å²) in [4.78, 5) is 40.7. The maximum absolute atomic E-state index is 12.9. The fourth-order valence-electron chi connectivity index (χ4n) is 3.66. The molecule has 1 amide bonds. The van der Waals surface area contributed by atoms with E-state index in [9.17, 15) is 24.6 Å². The number of aromatic amines is 1. The Bertz CT molecular complexity index is 908. The summed E-state index contributed by atoms with van der Waals surface area (Å²) in [5.41, 5.74) is -0.335. The number of H-pyrrole nitrogens is 1. The average molecular weight is 370 g/mol. The van der Waals surface area contributed by atoms with Gasteiger partial charge < -0.3 is 20.1 Å². The van der Waals surface area contributed by atoms with Crippen LogP contribution in [-0.2, 0) is 11.2 Å². The van der Waals surface area contributed by atoms with Crippen LogP contribution in [0.2, 0.25) is 0 Å². The molecule has 3 rings (SSSR count). The van der Waals surface area contributed by atoms with E-state index in [4.69, 9.17) is 0 Å². The summed E-state index contributed by atoms with van der Waals surface area (Å²) in [5.74, 6) is -1.55. The number of aliphatic carboxylic acids is 1. The van der Waals surface area contributed by atoms with Crippen LogP contribution in [0.4, 0.5) is 0 Å². The Hall–Kier alpha value is -2.93. The zero-order valence-corrected chi connectivity index (χ0v) is 15.0. The van der Waals surface area contributed by atoms with E-state index < -0.39 is 23.4 Å². The van der Waals surface area contributed by atoms with Crippen molar-refractivity contribution in [2.24, 2.45) is 5.41 Å². The molecule has 1 aromatic carbocycles. The van der Waals surface area contributed by atoms with E-state index in [0.717, 1.165) is 5.56 Å². The van der Waals surface area contributed by atoms with Crippen LogP contribution in [0.15, 0.2) is 47.3 Å². The number of hydrogen-bond acceptors (Lipinski definition) is 4. The number of aryl methyl sites for hydroxylation is 1. The van der Waals surface area contributed by atoms with Crippen molar-refractivity contribution in [2.45, 2.75) is 25.9 Å². The number of carboxylic acid groups (broad SMARTS) is 1. The number of nitrogens with zero attached hydrogens (tertiary/aromatic N) is 1. The van der Waals surface area contributed by atoms with E-state index >= 15 is 0 Å². The summed E-state index contributed by atoms with van der Waals surface area (Å²) in [6, 6.07) is 11.8. The molecule has 3 N–H and O–H groups in total. The molecule has 0 radical (unpaired) electrons. The Balaban J connectivity index is 1.92. The van der Waals surface area contributed by atoms with Gasteiger partial charge in [0.1, 0.15) is 5.41 Å². The SMILES string of the molecule is Cc1cc(C(=O)N2CC[C@@H](O)[C@](Cc3ccccc3)(C(=O)O)C2)cc(=O)[nH]1. The molecule has 2 aromatic rings. The molecule has 0 unspecified atom stereocenters. The van der Waals surface area contributed by atoms with Gasteiger partial charge in [-0.05, 0) is 31.4 Å². The van der Waals surface area contributed by atoms with Crippen molar-refractivity contribution in [1.29, 1.82) is 0 Å². The molecule has 1 aliphatic heterocycles. The van der Waals surface area contributed by atoms with Crippen molar-refractivity contribution in [3.05, 3.63) is 69.6 Å². The Morgan fingerprint density at radius 2 is 1.96 bits per heavy atom. The van der Waals surface area contributed by atoms with Gasteiger partial charge in [-0.3, -0.25) is 14.4 Å². The number of aliphatic hydroxyl groups is 1. The third kappa shape index (κ3) is 3.78. The first-order valence-electron chi connectivity index (χ1n) is 8.77. The number of piperidine rings is 1. The van der Waals surface area contributed by atoms with E-state index in [1.54, 1.807) is 25.1 Å². The van der Waals surface area contributed by atoms with Crippen molar-refractivity contribution >= 4 is 11.9 Å². The molecule has 0 saturated carbocycles. The third-order valence-corrected chi connectivity index (χ3v) is 5.08. The second-order valence-electron chi connectivity index (χ2n) is 7.07. The van der Waals surface area contributed by atoms with Crippen molar-refractivity contribution in [1.82, 2.24) is 9.88 Å². The maximum atomic E-state index is 12.9. The molecule has 27 heavy (non-hydrogen) atoms. The zero-order valence-electron chi connectivity index (χ0n) is 15.0. The summed E-state index contributed by atoms with van der Waals surface area (Å²) in [6.45, 7) is 1.79. The monoisotopic (exact) mass is 370 g/mol. The quantitative estimate of drug-likeness (QED) is 0.749. The molecular formula is C20H22N2O5. The predicted molar refractivity (Wildman–Crippen MR) is 98.5 cm³/mol. The van der Waals surface area contributed by atoms with Gasteiger partial charge in [-0.15, -0.1) is 0 Å². The van der Waals surface area contributed by atoms with Crippen LogP contribution in [0.25, 0.3) is 0 Å². The molecule has 1 fully saturated rings. The molecule has 7 heteroatoms. The third-order valence-electron chi connectivity index (χ3n) is 5.08. The predicted octanol–water partition coefficient (Wildman–Crippen LogP) is 1.20. The zero-order chi connectivity index (χ0) is 19.6. The number of carbonyl (C=O) groups is 2. The second kappa shape index (κ2) is 7.36. The summed E-state index contributed by atoms with van der Waals surface area (Å²) in [7, 11) is 0. The number of aliphatic hydroxyl groups excluding tert-OH is 1. The summed E-state index contributed by atoms with van der Waals surface area (Å²) >= 11 is 0. The molecule has 7 nitrogen and oxygen atoms in total. The molecule has 1 saturated heterocycles. The highest BCUT2D eigenvalue weighted by atomic mass is 16.4. The van der Waals surface area contributed by atoms with Gasteiger partial charge in [-0.2, -0.15) is 0 Å². The minimum Gasteiger partial charge on any atom is -0.481 e. The number of rotatable bonds is 4. The summed E-state index contributed by atoms with van der Waals surface area (Å²) in [5, 5.41) is 20.5. The van der Waals surface area contributed by atoms with Crippen molar-refractivity contribution in [3.63, 3.8) is 0 Å². The van der Waals surface area contributed by atoms with Gasteiger partial charge in [0, 0.05) is 30.4 Å². The molecule has 0 aliphatic carbocycles. The van der Waals surface area contributed by atoms with Gasteiger partial charge in [-0.25, -0.2) is 0 Å². The molecule has 1 aromatic heterocycles. The number of hydrogen-bond donors (Lipinski definition) is 3. The minimum atomic E-state index is -1.49. The lowest BCUT2D eigenvalue weighted by molar-refractivity contribution is -0.161. The molecule has 0 bridgehead atoms. The maximum Gasteiger partial charge on any atom is 0.314 e. The Labute approximate surface area is 156 Å². The van der Waals surface area contributed by atoms with Crippen molar-refractivity contribution in [2.75, 3.05) is 13.1 Å². The van der Waals surface area contributed by atoms with Gasteiger partial charge in [0.2, 0.25) is 5.56 Å². The fraction of sp³-hybridized carbons (Fsp3) is 0.350. The molecule has 2 heterocycles. The molecule has 142 valence electrons. The molecule has 0 spiro atoms. The van der Waals surface area contributed by atoms with Crippen molar-refractivity contribution < 1.29 is 19.8 Å². The first kappa shape index (κ1) is 18.8. The number of carbonyl (C=O) groups excluding carboxylic acids is 1. The Morgan fingerprint density at radius 1 is 1.26 bits per heavy atom. The van der Waals surface area contributed by atoms with E-state index in [1.165, 1.54) is 11.0 Å². The lowest BCUT2D eigenvalue weighted by Crippen LogP contribution is -2.58. The summed E-state index contributed by atoms with van der Waals surface area (Å²) in [6.07, 6.45) is -0.796. The number of pyridine rings is 1. The van der Waals surface area contributed by atoms with Gasteiger partial charge >= 0.3 is 5.97 Å². The van der Waals surface area contributed by atoms with Crippen LogP contribution in [-0.4, -0.2) is 51.2 Å². The number of aromatic nitrogens is 1. The highest BCUT2D eigenvalue weighted by molar-refractivity contribution is 5.94. The lowest BCUT2D eigenvalue weighted by atomic mass is 9.72. The lowest BCUT2D eigenvalue weighted by Gasteiger charge is -2.43. The van der Waals surface area contributed by atoms with Crippen LogP contribution in [0.5, 0.6) is 0 Å². The van der Waals surface area contributed by atoms with Crippen LogP contribution in [0, 0.1) is 12.3 Å². The number of benzene rings is 1. The first-order valence-corrected chi connectivity index (χ1v) is 8.77. The standard InChI is InChI=1S/C20H22N2O5/c1-13-9-15(10-17(24)21-13)18(25)22-8-7-16(23)20(12-22,19(26)27)11-14-5-3-2-4-6-14/h2-6,9-10,16,23H,7-8,11-12H2,1H3,(H,21,24)(H,26,27)/t16-,20-/m1/s1. The number of likely N-dealkylation sites (tertiary alicyclic amines) is 1. The number of carboxylic acids is 1. The Morgan fingerprint density at radius 3 is 2.59 bits per heavy atom. The van der Waals surface area contributed by atoms with Gasteiger partial charge in [0.15, 0.2) is 0 Å². The number of nitrogens with one attached hydrogen (secondary N) is 1. The fourth-order valence-corrected chi connectivity index (χ4v) is 3.66. The first-order chi connectivity index (χ1) is 12.8. The largest absolute Gasteiger partial charge is 0.481 e. The normalized spacial score (nSPS) is 22.4. The van der Waals surface area contributed by atoms with Crippen LogP contribution in [0.1, 0.15) is 28.0 Å². The minimum absolute atomic E-state index is 0.114. The average Bonchev–Trinajstić information content (AvgIpc) is 2.63.